The molecule has 0 aliphatic carbocycles. The lowest BCUT2D eigenvalue weighted by Crippen LogP contribution is -2.21. The first-order chi connectivity index (χ1) is 7.33. The minimum absolute atomic E-state index is 0.0372. The molecule has 0 radical (unpaired) electrons. The fourth-order valence-corrected chi connectivity index (χ4v) is 1.92. The molecule has 15 heavy (non-hydrogen) atoms. The highest BCUT2D eigenvalue weighted by atomic mass is 32.2. The summed E-state index contributed by atoms with van der Waals surface area (Å²) in [5.74, 6) is 0. The van der Waals surface area contributed by atoms with E-state index in [-0.39, 0.29) is 12.4 Å². The first-order valence-corrected chi connectivity index (χ1v) is 6.17. The summed E-state index contributed by atoms with van der Waals surface area (Å²) in [6.07, 6.45) is 1.85. The molecule has 2 unspecified atom stereocenters. The van der Waals surface area contributed by atoms with Crippen LogP contribution < -0.4 is 5.73 Å². The van der Waals surface area contributed by atoms with Crippen molar-refractivity contribution in [1.82, 2.24) is 0 Å². The Balaban J connectivity index is 2.04. The van der Waals surface area contributed by atoms with Gasteiger partial charge in [-0.2, -0.15) is 0 Å². The largest absolute Gasteiger partial charge is 0.346 e. The van der Waals surface area contributed by atoms with E-state index < -0.39 is 0 Å². The Labute approximate surface area is 93.9 Å². The van der Waals surface area contributed by atoms with Crippen LogP contribution in [0.4, 0.5) is 0 Å². The van der Waals surface area contributed by atoms with Gasteiger partial charge in [0.1, 0.15) is 0 Å². The molecule has 1 aromatic rings. The maximum atomic E-state index is 5.62. The smallest absolute Gasteiger partial charge is 0.184 e. The van der Waals surface area contributed by atoms with Crippen LogP contribution in [0.5, 0.6) is 0 Å². The lowest BCUT2D eigenvalue weighted by atomic mass is 10.2. The molecule has 82 valence electrons. The van der Waals surface area contributed by atoms with Crippen molar-refractivity contribution in [3.05, 3.63) is 29.8 Å². The molecule has 1 aliphatic rings. The third kappa shape index (κ3) is 2.52. The predicted octanol–water partition coefficient (Wildman–Crippen LogP) is 1.78. The van der Waals surface area contributed by atoms with E-state index in [9.17, 15) is 0 Å². The van der Waals surface area contributed by atoms with Crippen LogP contribution in [0.2, 0.25) is 0 Å². The number of rotatable bonds is 3. The van der Waals surface area contributed by atoms with Crippen molar-refractivity contribution < 1.29 is 9.47 Å². The zero-order valence-corrected chi connectivity index (χ0v) is 9.50. The topological polar surface area (TPSA) is 44.5 Å². The van der Waals surface area contributed by atoms with Gasteiger partial charge in [-0.25, -0.2) is 0 Å². The lowest BCUT2D eigenvalue weighted by Gasteiger charge is -2.10. The summed E-state index contributed by atoms with van der Waals surface area (Å²) < 4.78 is 11.1. The van der Waals surface area contributed by atoms with Gasteiger partial charge in [-0.15, -0.1) is 11.8 Å². The molecule has 0 spiro atoms. The zero-order valence-electron chi connectivity index (χ0n) is 8.68. The summed E-state index contributed by atoms with van der Waals surface area (Å²) in [6.45, 7) is 1.10. The monoisotopic (exact) mass is 225 g/mol. The van der Waals surface area contributed by atoms with Gasteiger partial charge in [-0.05, 0) is 18.4 Å². The molecule has 1 aromatic carbocycles. The van der Waals surface area contributed by atoms with Crippen LogP contribution in [-0.4, -0.2) is 25.5 Å². The zero-order chi connectivity index (χ0) is 10.7. The molecule has 3 nitrogen and oxygen atoms in total. The number of ether oxygens (including phenoxy) is 2. The Hall–Kier alpha value is -0.550. The van der Waals surface area contributed by atoms with E-state index in [2.05, 4.69) is 18.4 Å². The SMILES string of the molecule is CSc1ccc(C2OCC(CN)O2)cc1. The van der Waals surface area contributed by atoms with Gasteiger partial charge in [-0.1, -0.05) is 12.1 Å². The quantitative estimate of drug-likeness (QED) is 0.796. The maximum Gasteiger partial charge on any atom is 0.184 e. The molecule has 1 aliphatic heterocycles. The Kier molecular flexibility index (Phi) is 3.64. The lowest BCUT2D eigenvalue weighted by molar-refractivity contribution is -0.0585. The van der Waals surface area contributed by atoms with E-state index in [4.69, 9.17) is 15.2 Å². The summed E-state index contributed by atoms with van der Waals surface area (Å²) in [4.78, 5) is 1.24. The fourth-order valence-electron chi connectivity index (χ4n) is 1.51. The van der Waals surface area contributed by atoms with Gasteiger partial charge in [0.05, 0.1) is 12.7 Å². The summed E-state index contributed by atoms with van der Waals surface area (Å²) >= 11 is 1.72. The van der Waals surface area contributed by atoms with Crippen LogP contribution in [0.1, 0.15) is 11.9 Å². The van der Waals surface area contributed by atoms with Gasteiger partial charge in [0.2, 0.25) is 0 Å². The second-order valence-corrected chi connectivity index (χ2v) is 4.31. The molecular formula is C11H15NO2S. The second kappa shape index (κ2) is 4.99. The third-order valence-corrected chi connectivity index (χ3v) is 3.14. The van der Waals surface area contributed by atoms with Crippen molar-refractivity contribution in [1.29, 1.82) is 0 Å². The molecule has 2 rings (SSSR count). The van der Waals surface area contributed by atoms with Crippen molar-refractivity contribution in [2.75, 3.05) is 19.4 Å². The minimum Gasteiger partial charge on any atom is -0.346 e. The van der Waals surface area contributed by atoms with Gasteiger partial charge in [0.15, 0.2) is 6.29 Å². The van der Waals surface area contributed by atoms with E-state index in [0.717, 1.165) is 5.56 Å². The molecule has 0 bridgehead atoms. The first kappa shape index (κ1) is 11.0. The van der Waals surface area contributed by atoms with E-state index in [1.165, 1.54) is 4.90 Å². The summed E-state index contributed by atoms with van der Waals surface area (Å²) in [5.41, 5.74) is 6.57. The van der Waals surface area contributed by atoms with Crippen LogP contribution in [-0.2, 0) is 9.47 Å². The van der Waals surface area contributed by atoms with Crippen LogP contribution in [0.25, 0.3) is 0 Å². The fraction of sp³-hybridized carbons (Fsp3) is 0.455. The second-order valence-electron chi connectivity index (χ2n) is 3.43. The molecule has 2 N–H and O–H groups in total. The van der Waals surface area contributed by atoms with Crippen molar-refractivity contribution in [3.8, 4) is 0 Å². The van der Waals surface area contributed by atoms with Crippen molar-refractivity contribution in [2.24, 2.45) is 5.73 Å². The molecule has 1 fully saturated rings. The van der Waals surface area contributed by atoms with E-state index in [1.54, 1.807) is 11.8 Å². The molecule has 4 heteroatoms. The highest BCUT2D eigenvalue weighted by molar-refractivity contribution is 7.98. The third-order valence-electron chi connectivity index (χ3n) is 2.40. The molecular weight excluding hydrogens is 210 g/mol. The summed E-state index contributed by atoms with van der Waals surface area (Å²) in [6, 6.07) is 8.22. The number of hydrogen-bond donors (Lipinski definition) is 1. The number of benzene rings is 1. The normalized spacial score (nSPS) is 25.7. The van der Waals surface area contributed by atoms with Crippen LogP contribution in [0, 0.1) is 0 Å². The van der Waals surface area contributed by atoms with Gasteiger partial charge in [0.25, 0.3) is 0 Å². The Morgan fingerprint density at radius 3 is 2.67 bits per heavy atom. The highest BCUT2D eigenvalue weighted by Crippen LogP contribution is 2.27. The Morgan fingerprint density at radius 2 is 2.13 bits per heavy atom. The van der Waals surface area contributed by atoms with Crippen molar-refractivity contribution >= 4 is 11.8 Å². The average Bonchev–Trinajstić information content (AvgIpc) is 2.78. The van der Waals surface area contributed by atoms with Crippen LogP contribution in [0.3, 0.4) is 0 Å². The Morgan fingerprint density at radius 1 is 1.40 bits per heavy atom. The van der Waals surface area contributed by atoms with Crippen molar-refractivity contribution in [2.45, 2.75) is 17.3 Å². The molecule has 0 amide bonds. The summed E-state index contributed by atoms with van der Waals surface area (Å²) in [7, 11) is 0. The standard InChI is InChI=1S/C11H15NO2S/c1-15-10-4-2-8(3-5-10)11-13-7-9(6-12)14-11/h2-5,9,11H,6-7,12H2,1H3. The molecule has 1 saturated heterocycles. The first-order valence-electron chi connectivity index (χ1n) is 4.94. The molecule has 1 heterocycles. The highest BCUT2D eigenvalue weighted by Gasteiger charge is 2.25. The Bertz CT molecular complexity index is 315. The number of nitrogens with two attached hydrogens (primary N) is 1. The molecule has 0 saturated carbocycles. The average molecular weight is 225 g/mol. The number of thioether (sulfide) groups is 1. The molecule has 2 atom stereocenters. The van der Waals surface area contributed by atoms with Crippen LogP contribution >= 0.6 is 11.8 Å². The van der Waals surface area contributed by atoms with E-state index in [1.807, 2.05) is 12.1 Å². The molecule has 0 aromatic heterocycles. The predicted molar refractivity (Wildman–Crippen MR) is 60.8 cm³/mol. The van der Waals surface area contributed by atoms with Gasteiger partial charge in [-0.3, -0.25) is 0 Å². The minimum atomic E-state index is -0.241. The van der Waals surface area contributed by atoms with Crippen LogP contribution in [0.15, 0.2) is 29.2 Å². The van der Waals surface area contributed by atoms with Crippen molar-refractivity contribution in [3.63, 3.8) is 0 Å². The van der Waals surface area contributed by atoms with Gasteiger partial charge < -0.3 is 15.2 Å². The maximum absolute atomic E-state index is 5.62. The number of hydrogen-bond acceptors (Lipinski definition) is 4. The van der Waals surface area contributed by atoms with E-state index >= 15 is 0 Å². The van der Waals surface area contributed by atoms with Gasteiger partial charge in [0, 0.05) is 17.0 Å². The summed E-state index contributed by atoms with van der Waals surface area (Å²) in [5, 5.41) is 0. The van der Waals surface area contributed by atoms with E-state index in [0.29, 0.717) is 13.2 Å². The van der Waals surface area contributed by atoms with Gasteiger partial charge >= 0.3 is 0 Å².